The summed E-state index contributed by atoms with van der Waals surface area (Å²) < 4.78 is 0. The molecule has 2 atom stereocenters. The normalized spacial score (nSPS) is 27.0. The Balaban J connectivity index is 1.78. The van der Waals surface area contributed by atoms with Crippen LogP contribution in [0.3, 0.4) is 0 Å². The third-order valence-electron chi connectivity index (χ3n) is 5.04. The van der Waals surface area contributed by atoms with Gasteiger partial charge < -0.3 is 5.73 Å². The maximum Gasteiger partial charge on any atom is 0.123 e. The van der Waals surface area contributed by atoms with E-state index in [1.165, 1.54) is 50.6 Å². The fourth-order valence-electron chi connectivity index (χ4n) is 4.06. The highest BCUT2D eigenvalue weighted by Gasteiger charge is 2.33. The number of nitrogens with zero attached hydrogens (tertiary/aromatic N) is 1. The van der Waals surface area contributed by atoms with E-state index in [1.807, 2.05) is 12.1 Å². The Morgan fingerprint density at radius 1 is 1.15 bits per heavy atom. The molecule has 1 saturated heterocycles. The van der Waals surface area contributed by atoms with E-state index in [2.05, 4.69) is 17.0 Å². The summed E-state index contributed by atoms with van der Waals surface area (Å²) in [5.74, 6) is 1.10. The van der Waals surface area contributed by atoms with Gasteiger partial charge in [-0.1, -0.05) is 37.1 Å². The van der Waals surface area contributed by atoms with Crippen LogP contribution in [0.15, 0.2) is 24.3 Å². The van der Waals surface area contributed by atoms with Crippen LogP contribution in [-0.4, -0.2) is 23.3 Å². The molecule has 2 aliphatic rings. The molecule has 2 unspecified atom stereocenters. The van der Waals surface area contributed by atoms with Crippen LogP contribution in [0.4, 0.5) is 0 Å². The minimum atomic E-state index is 0.192. The molecule has 20 heavy (non-hydrogen) atoms. The number of nitrogen functional groups attached to an aromatic ring is 1. The van der Waals surface area contributed by atoms with E-state index in [4.69, 9.17) is 11.1 Å². The fourth-order valence-corrected chi connectivity index (χ4v) is 4.06. The number of amidine groups is 1. The Hall–Kier alpha value is -1.35. The number of likely N-dealkylation sites (tertiary alicyclic amines) is 1. The van der Waals surface area contributed by atoms with Crippen molar-refractivity contribution in [2.45, 2.75) is 51.1 Å². The molecule has 2 fully saturated rings. The smallest absolute Gasteiger partial charge is 0.123 e. The Labute approximate surface area is 121 Å². The standard InChI is InChI=1S/C17H25N3/c18-17(19)15-9-3-1-7-14(15)12-20-11-5-8-13-6-2-4-10-16(13)20/h1,3,7,9,13,16H,2,4-6,8,10-12H2,(H3,18,19). The Kier molecular flexibility index (Phi) is 4.06. The van der Waals surface area contributed by atoms with Crippen molar-refractivity contribution in [1.29, 1.82) is 5.41 Å². The lowest BCUT2D eigenvalue weighted by Gasteiger charge is -2.44. The number of rotatable bonds is 3. The number of hydrogen-bond donors (Lipinski definition) is 2. The Morgan fingerprint density at radius 3 is 2.75 bits per heavy atom. The summed E-state index contributed by atoms with van der Waals surface area (Å²) in [5.41, 5.74) is 7.84. The summed E-state index contributed by atoms with van der Waals surface area (Å²) in [6, 6.07) is 8.89. The van der Waals surface area contributed by atoms with Crippen molar-refractivity contribution in [2.24, 2.45) is 11.7 Å². The molecule has 0 spiro atoms. The first-order valence-electron chi connectivity index (χ1n) is 7.92. The topological polar surface area (TPSA) is 53.1 Å². The predicted octanol–water partition coefficient (Wildman–Crippen LogP) is 3.13. The van der Waals surface area contributed by atoms with E-state index in [-0.39, 0.29) is 5.84 Å². The molecule has 1 heterocycles. The largest absolute Gasteiger partial charge is 0.384 e. The van der Waals surface area contributed by atoms with Crippen molar-refractivity contribution in [1.82, 2.24) is 4.90 Å². The van der Waals surface area contributed by atoms with E-state index >= 15 is 0 Å². The molecule has 0 amide bonds. The molecule has 3 N–H and O–H groups in total. The van der Waals surface area contributed by atoms with Gasteiger partial charge in [-0.2, -0.15) is 0 Å². The van der Waals surface area contributed by atoms with Crippen molar-refractivity contribution >= 4 is 5.84 Å². The second kappa shape index (κ2) is 5.96. The summed E-state index contributed by atoms with van der Waals surface area (Å²) in [6.07, 6.45) is 8.30. The molecule has 0 bridgehead atoms. The van der Waals surface area contributed by atoms with Crippen LogP contribution in [0, 0.1) is 11.3 Å². The fraction of sp³-hybridized carbons (Fsp3) is 0.588. The molecular formula is C17H25N3. The average molecular weight is 271 g/mol. The van der Waals surface area contributed by atoms with Gasteiger partial charge in [-0.15, -0.1) is 0 Å². The lowest BCUT2D eigenvalue weighted by Crippen LogP contribution is -2.46. The van der Waals surface area contributed by atoms with Gasteiger partial charge in [0.05, 0.1) is 0 Å². The number of piperidine rings is 1. The lowest BCUT2D eigenvalue weighted by atomic mass is 9.78. The minimum Gasteiger partial charge on any atom is -0.384 e. The molecule has 0 aromatic heterocycles. The highest BCUT2D eigenvalue weighted by Crippen LogP contribution is 2.36. The Morgan fingerprint density at radius 2 is 1.90 bits per heavy atom. The predicted molar refractivity (Wildman–Crippen MR) is 82.8 cm³/mol. The molecule has 3 heteroatoms. The summed E-state index contributed by atoms with van der Waals surface area (Å²) in [7, 11) is 0. The SMILES string of the molecule is N=C(N)c1ccccc1CN1CCCC2CCCCC21. The van der Waals surface area contributed by atoms with Gasteiger partial charge in [0.2, 0.25) is 0 Å². The third kappa shape index (κ3) is 2.73. The van der Waals surface area contributed by atoms with Crippen molar-refractivity contribution in [2.75, 3.05) is 6.54 Å². The molecule has 1 aromatic rings. The molecule has 108 valence electrons. The van der Waals surface area contributed by atoms with Gasteiger partial charge in [0.1, 0.15) is 5.84 Å². The molecule has 1 saturated carbocycles. The zero-order chi connectivity index (χ0) is 13.9. The summed E-state index contributed by atoms with van der Waals surface area (Å²) in [4.78, 5) is 2.65. The van der Waals surface area contributed by atoms with E-state index in [1.54, 1.807) is 0 Å². The van der Waals surface area contributed by atoms with Gasteiger partial charge in [-0.05, 0) is 43.7 Å². The van der Waals surface area contributed by atoms with Crippen LogP contribution in [0.5, 0.6) is 0 Å². The van der Waals surface area contributed by atoms with Crippen molar-refractivity contribution in [3.8, 4) is 0 Å². The highest BCUT2D eigenvalue weighted by atomic mass is 15.2. The maximum absolute atomic E-state index is 7.73. The number of nitrogens with two attached hydrogens (primary N) is 1. The number of hydrogen-bond acceptors (Lipinski definition) is 2. The van der Waals surface area contributed by atoms with Crippen molar-refractivity contribution in [3.05, 3.63) is 35.4 Å². The number of nitrogens with one attached hydrogen (secondary N) is 1. The minimum absolute atomic E-state index is 0.192. The first kappa shape index (κ1) is 13.6. The summed E-state index contributed by atoms with van der Waals surface area (Å²) in [5, 5.41) is 7.73. The molecule has 1 aliphatic carbocycles. The average Bonchev–Trinajstić information content (AvgIpc) is 2.48. The van der Waals surface area contributed by atoms with Gasteiger partial charge >= 0.3 is 0 Å². The van der Waals surface area contributed by atoms with Crippen LogP contribution in [-0.2, 0) is 6.54 Å². The zero-order valence-corrected chi connectivity index (χ0v) is 12.1. The quantitative estimate of drug-likeness (QED) is 0.655. The first-order valence-corrected chi connectivity index (χ1v) is 7.92. The van der Waals surface area contributed by atoms with Crippen LogP contribution in [0.2, 0.25) is 0 Å². The number of fused-ring (bicyclic) bond motifs is 1. The van der Waals surface area contributed by atoms with Crippen molar-refractivity contribution < 1.29 is 0 Å². The second-order valence-corrected chi connectivity index (χ2v) is 6.30. The van der Waals surface area contributed by atoms with Gasteiger partial charge in [0, 0.05) is 18.2 Å². The van der Waals surface area contributed by atoms with Crippen LogP contribution < -0.4 is 5.73 Å². The van der Waals surface area contributed by atoms with E-state index < -0.39 is 0 Å². The Bertz CT molecular complexity index is 481. The molecule has 0 radical (unpaired) electrons. The first-order chi connectivity index (χ1) is 9.75. The highest BCUT2D eigenvalue weighted by molar-refractivity contribution is 5.96. The molecule has 3 rings (SSSR count). The van der Waals surface area contributed by atoms with E-state index in [9.17, 15) is 0 Å². The second-order valence-electron chi connectivity index (χ2n) is 6.30. The van der Waals surface area contributed by atoms with Gasteiger partial charge in [0.25, 0.3) is 0 Å². The molecule has 3 nitrogen and oxygen atoms in total. The maximum atomic E-state index is 7.73. The molecular weight excluding hydrogens is 246 g/mol. The van der Waals surface area contributed by atoms with E-state index in [0.29, 0.717) is 0 Å². The summed E-state index contributed by atoms with van der Waals surface area (Å²) in [6.45, 7) is 2.16. The molecule has 1 aromatic carbocycles. The van der Waals surface area contributed by atoms with E-state index in [0.717, 1.165) is 24.1 Å². The van der Waals surface area contributed by atoms with Gasteiger partial charge in [-0.25, -0.2) is 0 Å². The lowest BCUT2D eigenvalue weighted by molar-refractivity contribution is 0.0547. The number of benzene rings is 1. The summed E-state index contributed by atoms with van der Waals surface area (Å²) >= 11 is 0. The molecule has 1 aliphatic heterocycles. The monoisotopic (exact) mass is 271 g/mol. The van der Waals surface area contributed by atoms with Crippen molar-refractivity contribution in [3.63, 3.8) is 0 Å². The van der Waals surface area contributed by atoms with Crippen LogP contribution >= 0.6 is 0 Å². The van der Waals surface area contributed by atoms with Crippen LogP contribution in [0.1, 0.15) is 49.7 Å². The van der Waals surface area contributed by atoms with Gasteiger partial charge in [0.15, 0.2) is 0 Å². The van der Waals surface area contributed by atoms with Gasteiger partial charge in [-0.3, -0.25) is 10.3 Å². The third-order valence-corrected chi connectivity index (χ3v) is 5.04. The zero-order valence-electron chi connectivity index (χ0n) is 12.1. The van der Waals surface area contributed by atoms with Crippen LogP contribution in [0.25, 0.3) is 0 Å².